The second-order valence-corrected chi connectivity index (χ2v) is 7.78. The van der Waals surface area contributed by atoms with Gasteiger partial charge in [0.25, 0.3) is 0 Å². The van der Waals surface area contributed by atoms with Gasteiger partial charge < -0.3 is 9.84 Å². The molecule has 0 unspecified atom stereocenters. The normalized spacial score (nSPS) is 15.4. The van der Waals surface area contributed by atoms with E-state index in [1.807, 2.05) is 35.2 Å². The van der Waals surface area contributed by atoms with Gasteiger partial charge in [-0.1, -0.05) is 41.1 Å². The van der Waals surface area contributed by atoms with E-state index in [4.69, 9.17) is 4.74 Å². The largest absolute Gasteiger partial charge is 0.480 e. The maximum Gasteiger partial charge on any atom is 0.325 e. The molecule has 132 valence electrons. The minimum Gasteiger partial charge on any atom is -0.480 e. The van der Waals surface area contributed by atoms with Crippen LogP contribution in [0.2, 0.25) is 0 Å². The fourth-order valence-electron chi connectivity index (χ4n) is 2.97. The maximum absolute atomic E-state index is 11.9. The Morgan fingerprint density at radius 3 is 2.84 bits per heavy atom. The summed E-state index contributed by atoms with van der Waals surface area (Å²) in [4.78, 5) is 26.5. The number of nitrogens with zero attached hydrogens (tertiary/aromatic N) is 1. The summed E-state index contributed by atoms with van der Waals surface area (Å²) in [6, 6.07) is 8.55. The first-order chi connectivity index (χ1) is 12.0. The van der Waals surface area contributed by atoms with Crippen molar-refractivity contribution in [3.63, 3.8) is 0 Å². The molecule has 1 aliphatic rings. The quantitative estimate of drug-likeness (QED) is 0.735. The Hall–Kier alpha value is -1.70. The van der Waals surface area contributed by atoms with E-state index >= 15 is 0 Å². The number of carboxylic acids is 1. The number of ether oxygens (including phenoxy) is 1. The molecule has 1 aromatic carbocycles. The molecule has 2 heterocycles. The van der Waals surface area contributed by atoms with Gasteiger partial charge in [-0.05, 0) is 29.7 Å². The van der Waals surface area contributed by atoms with Crippen molar-refractivity contribution in [1.29, 1.82) is 0 Å². The summed E-state index contributed by atoms with van der Waals surface area (Å²) in [7, 11) is 0. The highest BCUT2D eigenvalue weighted by Gasteiger charge is 2.32. The summed E-state index contributed by atoms with van der Waals surface area (Å²) < 4.78 is 6.09. The number of fused-ring (bicyclic) bond motifs is 1. The molecule has 0 saturated carbocycles. The topological polar surface area (TPSA) is 66.8 Å². The molecule has 0 saturated heterocycles. The highest BCUT2D eigenvalue weighted by atomic mass is 79.9. The van der Waals surface area contributed by atoms with E-state index in [1.54, 1.807) is 6.92 Å². The first-order valence-electron chi connectivity index (χ1n) is 8.03. The number of thiophene rings is 1. The Kier molecular flexibility index (Phi) is 5.56. The van der Waals surface area contributed by atoms with Crippen LogP contribution in [0.4, 0.5) is 0 Å². The number of carboxylic acid groups (broad SMARTS) is 1. The summed E-state index contributed by atoms with van der Waals surface area (Å²) in [6.45, 7) is 2.92. The molecule has 2 aromatic rings. The molecule has 3 rings (SSSR count). The second kappa shape index (κ2) is 7.68. The lowest BCUT2D eigenvalue weighted by molar-refractivity contribution is -0.144. The Morgan fingerprint density at radius 1 is 1.40 bits per heavy atom. The third-order valence-electron chi connectivity index (χ3n) is 4.18. The van der Waals surface area contributed by atoms with Crippen LogP contribution in [0.3, 0.4) is 0 Å². The number of hydrogen-bond acceptors (Lipinski definition) is 5. The fraction of sp³-hybridized carbons (Fsp3) is 0.333. The Bertz CT molecular complexity index is 804. The Morgan fingerprint density at radius 2 is 2.16 bits per heavy atom. The van der Waals surface area contributed by atoms with Crippen molar-refractivity contribution in [1.82, 2.24) is 4.90 Å². The number of hydrogen-bond donors (Lipinski definition) is 1. The van der Waals surface area contributed by atoms with Crippen molar-refractivity contribution in [3.05, 3.63) is 50.8 Å². The molecule has 5 nitrogen and oxygen atoms in total. The molecule has 1 aliphatic heterocycles. The van der Waals surface area contributed by atoms with Gasteiger partial charge in [-0.15, -0.1) is 11.3 Å². The lowest BCUT2D eigenvalue weighted by Crippen LogP contribution is -2.37. The summed E-state index contributed by atoms with van der Waals surface area (Å²) in [5, 5.41) is 10.4. The van der Waals surface area contributed by atoms with Crippen molar-refractivity contribution in [3.8, 4) is 5.06 Å². The summed E-state index contributed by atoms with van der Waals surface area (Å²) in [6.07, 6.45) is 1.08. The molecule has 0 radical (unpaired) electrons. The fourth-order valence-corrected chi connectivity index (χ4v) is 4.49. The van der Waals surface area contributed by atoms with Gasteiger partial charge in [0.2, 0.25) is 0 Å². The number of rotatable bonds is 5. The standard InChI is InChI=1S/C18H18BrNO4S/c1-2-15(21)24-16-9-11-10-20(8-7-14(11)25-16)17(18(22)23)12-5-3-4-6-13(12)19/h3-6,9,17H,2,7-8,10H2,1H3,(H,22,23)/t17-/m0/s1. The number of carbonyl (C=O) groups is 2. The van der Waals surface area contributed by atoms with Crippen LogP contribution in [0, 0.1) is 0 Å². The lowest BCUT2D eigenvalue weighted by Gasteiger charge is -2.32. The van der Waals surface area contributed by atoms with E-state index in [1.165, 1.54) is 11.3 Å². The second-order valence-electron chi connectivity index (χ2n) is 5.82. The average Bonchev–Trinajstić information content (AvgIpc) is 2.98. The van der Waals surface area contributed by atoms with E-state index in [-0.39, 0.29) is 5.97 Å². The third kappa shape index (κ3) is 3.94. The zero-order valence-corrected chi connectivity index (χ0v) is 16.1. The van der Waals surface area contributed by atoms with Gasteiger partial charge in [0, 0.05) is 28.9 Å². The number of benzene rings is 1. The summed E-state index contributed by atoms with van der Waals surface area (Å²) >= 11 is 4.93. The lowest BCUT2D eigenvalue weighted by atomic mass is 10.0. The van der Waals surface area contributed by atoms with Gasteiger partial charge in [0.15, 0.2) is 5.06 Å². The van der Waals surface area contributed by atoms with Crippen LogP contribution in [0.5, 0.6) is 5.06 Å². The highest BCUT2D eigenvalue weighted by Crippen LogP contribution is 2.37. The van der Waals surface area contributed by atoms with Crippen LogP contribution < -0.4 is 4.74 Å². The zero-order chi connectivity index (χ0) is 18.0. The maximum atomic E-state index is 11.9. The molecule has 7 heteroatoms. The predicted octanol–water partition coefficient (Wildman–Crippen LogP) is 4.01. The Balaban J connectivity index is 1.84. The van der Waals surface area contributed by atoms with E-state index in [0.29, 0.717) is 24.6 Å². The van der Waals surface area contributed by atoms with Gasteiger partial charge in [-0.3, -0.25) is 14.5 Å². The predicted molar refractivity (Wildman–Crippen MR) is 98.9 cm³/mol. The van der Waals surface area contributed by atoms with Crippen molar-refractivity contribution in [2.45, 2.75) is 32.4 Å². The minimum atomic E-state index is -0.872. The van der Waals surface area contributed by atoms with E-state index in [9.17, 15) is 14.7 Å². The zero-order valence-electron chi connectivity index (χ0n) is 13.7. The first-order valence-corrected chi connectivity index (χ1v) is 9.64. The van der Waals surface area contributed by atoms with Crippen LogP contribution >= 0.6 is 27.3 Å². The number of halogens is 1. The SMILES string of the molecule is CCC(=O)Oc1cc2c(s1)CCN([C@H](C(=O)O)c1ccccc1Br)C2. The smallest absolute Gasteiger partial charge is 0.325 e. The average molecular weight is 424 g/mol. The van der Waals surface area contributed by atoms with Gasteiger partial charge in [-0.25, -0.2) is 0 Å². The Labute approximate surface area is 158 Å². The third-order valence-corrected chi connectivity index (χ3v) is 6.01. The monoisotopic (exact) mass is 423 g/mol. The van der Waals surface area contributed by atoms with Gasteiger partial charge in [0.1, 0.15) is 6.04 Å². The molecule has 0 fully saturated rings. The first kappa shape index (κ1) is 18.1. The highest BCUT2D eigenvalue weighted by molar-refractivity contribution is 9.10. The minimum absolute atomic E-state index is 0.257. The molecular formula is C18H18BrNO4S. The number of aliphatic carboxylic acids is 1. The number of esters is 1. The van der Waals surface area contributed by atoms with E-state index in [0.717, 1.165) is 26.9 Å². The summed E-state index contributed by atoms with van der Waals surface area (Å²) in [5.74, 6) is -1.13. The van der Waals surface area contributed by atoms with Crippen molar-refractivity contribution < 1.29 is 19.4 Å². The molecule has 0 amide bonds. The van der Waals surface area contributed by atoms with Crippen molar-refractivity contribution in [2.75, 3.05) is 6.54 Å². The van der Waals surface area contributed by atoms with Crippen LogP contribution in [-0.4, -0.2) is 28.5 Å². The molecule has 0 spiro atoms. The van der Waals surface area contributed by atoms with Crippen LogP contribution in [0.1, 0.15) is 35.4 Å². The van der Waals surface area contributed by atoms with Gasteiger partial charge >= 0.3 is 11.9 Å². The molecule has 0 bridgehead atoms. The molecule has 25 heavy (non-hydrogen) atoms. The van der Waals surface area contributed by atoms with E-state index in [2.05, 4.69) is 15.9 Å². The van der Waals surface area contributed by atoms with Crippen molar-refractivity contribution in [2.24, 2.45) is 0 Å². The van der Waals surface area contributed by atoms with Crippen molar-refractivity contribution >= 4 is 39.2 Å². The molecule has 1 N–H and O–H groups in total. The molecule has 0 aliphatic carbocycles. The molecule has 1 aromatic heterocycles. The van der Waals surface area contributed by atoms with E-state index < -0.39 is 12.0 Å². The number of carbonyl (C=O) groups excluding carboxylic acids is 1. The van der Waals surface area contributed by atoms with Crippen LogP contribution in [-0.2, 0) is 22.6 Å². The summed E-state index contributed by atoms with van der Waals surface area (Å²) in [5.41, 5.74) is 1.78. The van der Waals surface area contributed by atoms with Gasteiger partial charge in [0.05, 0.1) is 0 Å². The van der Waals surface area contributed by atoms with Crippen LogP contribution in [0.25, 0.3) is 0 Å². The van der Waals surface area contributed by atoms with Crippen LogP contribution in [0.15, 0.2) is 34.8 Å². The molecular weight excluding hydrogens is 406 g/mol. The molecule has 1 atom stereocenters. The van der Waals surface area contributed by atoms with Gasteiger partial charge in [-0.2, -0.15) is 0 Å².